The van der Waals surface area contributed by atoms with Gasteiger partial charge >= 0.3 is 0 Å². The smallest absolute Gasteiger partial charge is 0.262 e. The lowest BCUT2D eigenvalue weighted by molar-refractivity contribution is 0.456. The van der Waals surface area contributed by atoms with E-state index in [1.54, 1.807) is 40.7 Å². The highest BCUT2D eigenvalue weighted by Crippen LogP contribution is 2.33. The maximum atomic E-state index is 13.9. The molecular weight excluding hydrogens is 423 g/mol. The fourth-order valence-corrected chi connectivity index (χ4v) is 5.69. The van der Waals surface area contributed by atoms with Crippen molar-refractivity contribution in [3.05, 3.63) is 92.9 Å². The third-order valence-corrected chi connectivity index (χ3v) is 7.35. The van der Waals surface area contributed by atoms with Crippen LogP contribution in [0.1, 0.15) is 34.4 Å². The Morgan fingerprint density at radius 1 is 1.19 bits per heavy atom. The summed E-state index contributed by atoms with van der Waals surface area (Å²) >= 11 is 1.63. The molecule has 1 atom stereocenters. The third kappa shape index (κ3) is 4.36. The van der Waals surface area contributed by atoms with Crippen LogP contribution < -0.4 is 10.9 Å². The molecule has 0 aliphatic heterocycles. The molecule has 5 rings (SSSR count). The first kappa shape index (κ1) is 21.0. The Kier molecular flexibility index (Phi) is 6.10. The lowest BCUT2D eigenvalue weighted by atomic mass is 9.93. The number of thiophene rings is 1. The van der Waals surface area contributed by atoms with E-state index in [1.165, 1.54) is 16.5 Å². The van der Waals surface area contributed by atoms with Crippen LogP contribution in [0, 0.1) is 5.82 Å². The molecule has 1 aliphatic carbocycles. The summed E-state index contributed by atoms with van der Waals surface area (Å²) in [5.74, 6) is -0.174. The Labute approximate surface area is 190 Å². The minimum absolute atomic E-state index is 0.0694. The van der Waals surface area contributed by atoms with E-state index >= 15 is 0 Å². The monoisotopic (exact) mass is 448 g/mol. The molecule has 1 unspecified atom stereocenters. The van der Waals surface area contributed by atoms with Crippen LogP contribution in [0.4, 0.5) is 4.39 Å². The number of benzene rings is 1. The lowest BCUT2D eigenvalue weighted by Crippen LogP contribution is -2.34. The summed E-state index contributed by atoms with van der Waals surface area (Å²) in [5.41, 5.74) is 3.14. The number of pyridine rings is 1. The van der Waals surface area contributed by atoms with Crippen LogP contribution in [0.2, 0.25) is 0 Å². The molecular formula is C25H25FN4OS. The number of aromatic nitrogens is 3. The first-order chi connectivity index (χ1) is 15.7. The highest BCUT2D eigenvalue weighted by molar-refractivity contribution is 7.18. The number of rotatable bonds is 7. The molecule has 0 radical (unpaired) electrons. The SMILES string of the molecule is O=c1c2c3c(sc2ncn1CCCc1ccncc1)CC(NCc1ccccc1F)CC3. The summed E-state index contributed by atoms with van der Waals surface area (Å²) in [6.07, 6.45) is 9.71. The molecule has 0 saturated carbocycles. The van der Waals surface area contributed by atoms with E-state index < -0.39 is 0 Å². The zero-order valence-corrected chi connectivity index (χ0v) is 18.6. The van der Waals surface area contributed by atoms with Gasteiger partial charge in [0.15, 0.2) is 0 Å². The second-order valence-electron chi connectivity index (χ2n) is 8.30. The van der Waals surface area contributed by atoms with Gasteiger partial charge in [0, 0.05) is 42.0 Å². The van der Waals surface area contributed by atoms with E-state index in [4.69, 9.17) is 0 Å². The molecule has 3 heterocycles. The molecule has 7 heteroatoms. The molecule has 5 nitrogen and oxygen atoms in total. The van der Waals surface area contributed by atoms with Gasteiger partial charge in [-0.3, -0.25) is 14.3 Å². The van der Waals surface area contributed by atoms with E-state index in [0.29, 0.717) is 18.7 Å². The summed E-state index contributed by atoms with van der Waals surface area (Å²) in [7, 11) is 0. The number of nitrogens with zero attached hydrogens (tertiary/aromatic N) is 3. The van der Waals surface area contributed by atoms with Crippen LogP contribution in [0.15, 0.2) is 59.9 Å². The first-order valence-corrected chi connectivity index (χ1v) is 11.9. The van der Waals surface area contributed by atoms with Crippen LogP contribution in [0.5, 0.6) is 0 Å². The standard InChI is InChI=1S/C25H25FN4OS/c26-21-6-2-1-5-18(21)15-28-19-7-8-20-22(14-19)32-24-23(20)25(31)30(16-29-24)13-3-4-17-9-11-27-12-10-17/h1-2,5-6,9-12,16,19,28H,3-4,7-8,13-15H2. The predicted molar refractivity (Wildman–Crippen MR) is 125 cm³/mol. The average molecular weight is 449 g/mol. The van der Waals surface area contributed by atoms with Crippen molar-refractivity contribution in [1.82, 2.24) is 19.9 Å². The Morgan fingerprint density at radius 2 is 2.03 bits per heavy atom. The number of fused-ring (bicyclic) bond motifs is 3. The highest BCUT2D eigenvalue weighted by atomic mass is 32.1. The van der Waals surface area contributed by atoms with Crippen LogP contribution >= 0.6 is 11.3 Å². The lowest BCUT2D eigenvalue weighted by Gasteiger charge is -2.23. The molecule has 4 aromatic rings. The van der Waals surface area contributed by atoms with Crippen molar-refractivity contribution in [2.45, 2.75) is 51.2 Å². The van der Waals surface area contributed by atoms with Gasteiger partial charge in [0.25, 0.3) is 5.56 Å². The van der Waals surface area contributed by atoms with Gasteiger partial charge in [0.05, 0.1) is 11.7 Å². The molecule has 0 saturated heterocycles. The maximum Gasteiger partial charge on any atom is 0.262 e. The van der Waals surface area contributed by atoms with Crippen molar-refractivity contribution in [1.29, 1.82) is 0 Å². The van der Waals surface area contributed by atoms with E-state index in [9.17, 15) is 9.18 Å². The summed E-state index contributed by atoms with van der Waals surface area (Å²) in [5, 5.41) is 4.29. The zero-order valence-electron chi connectivity index (χ0n) is 17.8. The molecule has 1 aliphatic rings. The minimum Gasteiger partial charge on any atom is -0.309 e. The second kappa shape index (κ2) is 9.30. The topological polar surface area (TPSA) is 59.8 Å². The molecule has 0 spiro atoms. The van der Waals surface area contributed by atoms with Gasteiger partial charge in [-0.25, -0.2) is 9.37 Å². The van der Waals surface area contributed by atoms with E-state index in [-0.39, 0.29) is 17.4 Å². The summed E-state index contributed by atoms with van der Waals surface area (Å²) < 4.78 is 15.7. The van der Waals surface area contributed by atoms with Gasteiger partial charge in [0.2, 0.25) is 0 Å². The maximum absolute atomic E-state index is 13.9. The summed E-state index contributed by atoms with van der Waals surface area (Å²) in [6.45, 7) is 1.17. The fraction of sp³-hybridized carbons (Fsp3) is 0.320. The van der Waals surface area contributed by atoms with Gasteiger partial charge in [0.1, 0.15) is 10.6 Å². The van der Waals surface area contributed by atoms with Crippen molar-refractivity contribution >= 4 is 21.6 Å². The van der Waals surface area contributed by atoms with Crippen LogP contribution in [-0.4, -0.2) is 20.6 Å². The molecule has 1 N–H and O–H groups in total. The zero-order chi connectivity index (χ0) is 21.9. The Bertz CT molecular complexity index is 1280. The van der Waals surface area contributed by atoms with Crippen molar-refractivity contribution in [2.75, 3.05) is 0 Å². The average Bonchev–Trinajstić information content (AvgIpc) is 3.19. The first-order valence-electron chi connectivity index (χ1n) is 11.0. The number of hydrogen-bond donors (Lipinski definition) is 1. The van der Waals surface area contributed by atoms with E-state index in [1.807, 2.05) is 24.3 Å². The Hall–Kier alpha value is -2.90. The van der Waals surface area contributed by atoms with Gasteiger partial charge < -0.3 is 5.32 Å². The van der Waals surface area contributed by atoms with Crippen molar-refractivity contribution in [3.8, 4) is 0 Å². The van der Waals surface area contributed by atoms with E-state index in [2.05, 4.69) is 15.3 Å². The van der Waals surface area contributed by atoms with Crippen molar-refractivity contribution in [2.24, 2.45) is 0 Å². The van der Waals surface area contributed by atoms with Gasteiger partial charge in [-0.1, -0.05) is 18.2 Å². The molecule has 0 amide bonds. The van der Waals surface area contributed by atoms with Crippen LogP contribution in [0.3, 0.4) is 0 Å². The fourth-order valence-electron chi connectivity index (χ4n) is 4.43. The molecule has 3 aromatic heterocycles. The second-order valence-corrected chi connectivity index (χ2v) is 9.38. The molecule has 32 heavy (non-hydrogen) atoms. The summed E-state index contributed by atoms with van der Waals surface area (Å²) in [6, 6.07) is 11.2. The largest absolute Gasteiger partial charge is 0.309 e. The van der Waals surface area contributed by atoms with Crippen LogP contribution in [-0.2, 0) is 32.4 Å². The molecule has 164 valence electrons. The minimum atomic E-state index is -0.174. The molecule has 0 fully saturated rings. The molecule has 1 aromatic carbocycles. The molecule has 0 bridgehead atoms. The number of halogens is 1. The normalized spacial score (nSPS) is 15.7. The quantitative estimate of drug-likeness (QED) is 0.459. The Morgan fingerprint density at radius 3 is 2.88 bits per heavy atom. The predicted octanol–water partition coefficient (Wildman–Crippen LogP) is 4.27. The van der Waals surface area contributed by atoms with Gasteiger partial charge in [-0.2, -0.15) is 0 Å². The number of hydrogen-bond acceptors (Lipinski definition) is 5. The van der Waals surface area contributed by atoms with Crippen molar-refractivity contribution < 1.29 is 4.39 Å². The third-order valence-electron chi connectivity index (χ3n) is 6.19. The number of aryl methyl sites for hydroxylation is 3. The van der Waals surface area contributed by atoms with Crippen molar-refractivity contribution in [3.63, 3.8) is 0 Å². The summed E-state index contributed by atoms with van der Waals surface area (Å²) in [4.78, 5) is 23.9. The van der Waals surface area contributed by atoms with Crippen LogP contribution in [0.25, 0.3) is 10.2 Å². The Balaban J connectivity index is 1.28. The number of nitrogens with one attached hydrogen (secondary N) is 1. The highest BCUT2D eigenvalue weighted by Gasteiger charge is 2.25. The van der Waals surface area contributed by atoms with E-state index in [0.717, 1.165) is 47.9 Å². The van der Waals surface area contributed by atoms with Gasteiger partial charge in [-0.05, 0) is 61.4 Å². The van der Waals surface area contributed by atoms with Gasteiger partial charge in [-0.15, -0.1) is 11.3 Å².